The Morgan fingerprint density at radius 2 is 1.97 bits per heavy atom. The fourth-order valence-electron chi connectivity index (χ4n) is 3.41. The first-order valence-corrected chi connectivity index (χ1v) is 12.0. The molecule has 0 fully saturated rings. The van der Waals surface area contributed by atoms with E-state index in [0.717, 1.165) is 11.1 Å². The fourth-order valence-corrected chi connectivity index (χ4v) is 4.24. The molecule has 8 nitrogen and oxygen atoms in total. The highest BCUT2D eigenvalue weighted by Gasteiger charge is 2.26. The number of carbonyl (C=O) groups is 2. The highest BCUT2D eigenvalue weighted by atomic mass is 35.5. The number of aromatic nitrogens is 2. The molecule has 34 heavy (non-hydrogen) atoms. The maximum atomic E-state index is 12.8. The molecule has 0 unspecified atom stereocenters. The number of fused-ring (bicyclic) bond motifs is 1. The lowest BCUT2D eigenvalue weighted by atomic mass is 9.97. The maximum Gasteiger partial charge on any atom is 0.410 e. The molecule has 0 bridgehead atoms. The zero-order valence-electron chi connectivity index (χ0n) is 19.1. The van der Waals surface area contributed by atoms with Crippen molar-refractivity contribution in [3.63, 3.8) is 0 Å². The second-order valence-corrected chi connectivity index (χ2v) is 10.3. The van der Waals surface area contributed by atoms with Gasteiger partial charge in [0.25, 0.3) is 5.91 Å². The van der Waals surface area contributed by atoms with E-state index in [1.54, 1.807) is 35.2 Å². The third-order valence-electron chi connectivity index (χ3n) is 4.98. The van der Waals surface area contributed by atoms with Crippen LogP contribution in [0.2, 0.25) is 5.02 Å². The minimum Gasteiger partial charge on any atom is -0.486 e. The van der Waals surface area contributed by atoms with Gasteiger partial charge < -0.3 is 14.4 Å². The summed E-state index contributed by atoms with van der Waals surface area (Å²) in [5, 5.41) is 12.5. The highest BCUT2D eigenvalue weighted by Crippen LogP contribution is 2.24. The predicted octanol–water partition coefficient (Wildman–Crippen LogP) is 5.32. The molecule has 178 valence electrons. The van der Waals surface area contributed by atoms with Gasteiger partial charge in [0, 0.05) is 23.7 Å². The molecule has 1 aliphatic rings. The number of hydrogen-bond acceptors (Lipinski definition) is 7. The lowest BCUT2D eigenvalue weighted by Crippen LogP contribution is -2.39. The van der Waals surface area contributed by atoms with Crippen LogP contribution in [-0.2, 0) is 24.3 Å². The Kier molecular flexibility index (Phi) is 7.04. The van der Waals surface area contributed by atoms with E-state index in [1.165, 1.54) is 11.3 Å². The lowest BCUT2D eigenvalue weighted by Gasteiger charge is -2.31. The molecule has 4 rings (SSSR count). The second-order valence-electron chi connectivity index (χ2n) is 8.84. The van der Waals surface area contributed by atoms with Crippen LogP contribution < -0.4 is 10.1 Å². The van der Waals surface area contributed by atoms with Crippen molar-refractivity contribution in [1.29, 1.82) is 0 Å². The van der Waals surface area contributed by atoms with E-state index in [-0.39, 0.29) is 18.6 Å². The summed E-state index contributed by atoms with van der Waals surface area (Å²) < 4.78 is 11.1. The average Bonchev–Trinajstić information content (AvgIpc) is 3.23. The molecule has 0 saturated carbocycles. The van der Waals surface area contributed by atoms with Crippen LogP contribution in [0.5, 0.6) is 5.75 Å². The summed E-state index contributed by atoms with van der Waals surface area (Å²) >= 11 is 7.20. The predicted molar refractivity (Wildman–Crippen MR) is 130 cm³/mol. The molecule has 1 aliphatic heterocycles. The van der Waals surface area contributed by atoms with Gasteiger partial charge in [-0.25, -0.2) is 4.79 Å². The topological polar surface area (TPSA) is 93.7 Å². The Labute approximate surface area is 206 Å². The Balaban J connectivity index is 1.34. The Bertz CT molecular complexity index is 1210. The molecule has 0 saturated heterocycles. The number of carbonyl (C=O) groups excluding carboxylic acids is 2. The molecule has 0 atom stereocenters. The molecular formula is C24H25ClN4O4S. The maximum absolute atomic E-state index is 12.8. The quantitative estimate of drug-likeness (QED) is 0.510. The van der Waals surface area contributed by atoms with Crippen LogP contribution in [0.4, 0.5) is 9.93 Å². The molecule has 0 radical (unpaired) electrons. The fraction of sp³-hybridized carbons (Fsp3) is 0.333. The summed E-state index contributed by atoms with van der Waals surface area (Å²) in [6, 6.07) is 12.6. The van der Waals surface area contributed by atoms with Crippen molar-refractivity contribution in [2.24, 2.45) is 0 Å². The largest absolute Gasteiger partial charge is 0.486 e. The first kappa shape index (κ1) is 24.0. The molecule has 3 aromatic rings. The first-order chi connectivity index (χ1) is 16.2. The van der Waals surface area contributed by atoms with Gasteiger partial charge in [-0.2, -0.15) is 0 Å². The summed E-state index contributed by atoms with van der Waals surface area (Å²) in [5.74, 6) is 0.364. The standard InChI is InChI=1S/C24H25ClN4O4S/c1-24(2,3)33-23(31)29-10-9-15-11-16(7-8-17(15)13-29)21(30)26-22-28-27-20(34-22)14-32-19-6-4-5-18(25)12-19/h4-8,11-12H,9-10,13-14H2,1-3H3,(H,26,28,30). The number of nitrogens with one attached hydrogen (secondary N) is 1. The van der Waals surface area contributed by atoms with Crippen molar-refractivity contribution in [3.8, 4) is 5.75 Å². The molecule has 0 aliphatic carbocycles. The minimum atomic E-state index is -0.536. The molecule has 1 N–H and O–H groups in total. The van der Waals surface area contributed by atoms with E-state index < -0.39 is 5.60 Å². The van der Waals surface area contributed by atoms with Gasteiger partial charge in [0.2, 0.25) is 5.13 Å². The van der Waals surface area contributed by atoms with Crippen LogP contribution in [0.3, 0.4) is 0 Å². The molecule has 2 aromatic carbocycles. The van der Waals surface area contributed by atoms with Gasteiger partial charge in [0.05, 0.1) is 0 Å². The van der Waals surface area contributed by atoms with Crippen molar-refractivity contribution < 1.29 is 19.1 Å². The number of rotatable bonds is 5. The summed E-state index contributed by atoms with van der Waals surface area (Å²) in [4.78, 5) is 26.8. The number of amides is 2. The van der Waals surface area contributed by atoms with Crippen LogP contribution in [0.15, 0.2) is 42.5 Å². The van der Waals surface area contributed by atoms with Crippen molar-refractivity contribution in [2.45, 2.75) is 45.9 Å². The molecule has 10 heteroatoms. The first-order valence-electron chi connectivity index (χ1n) is 10.8. The number of nitrogens with zero attached hydrogens (tertiary/aromatic N) is 3. The number of halogens is 1. The van der Waals surface area contributed by atoms with Gasteiger partial charge >= 0.3 is 6.09 Å². The Morgan fingerprint density at radius 3 is 2.74 bits per heavy atom. The van der Waals surface area contributed by atoms with Crippen LogP contribution in [0, 0.1) is 0 Å². The van der Waals surface area contributed by atoms with Gasteiger partial charge in [0.1, 0.15) is 18.0 Å². The van der Waals surface area contributed by atoms with Crippen LogP contribution in [-0.4, -0.2) is 39.2 Å². The number of ether oxygens (including phenoxy) is 2. The molecule has 2 heterocycles. The molecule has 0 spiro atoms. The number of hydrogen-bond donors (Lipinski definition) is 1. The smallest absolute Gasteiger partial charge is 0.410 e. The summed E-state index contributed by atoms with van der Waals surface area (Å²) in [6.45, 7) is 6.77. The van der Waals surface area contributed by atoms with Crippen LogP contribution in [0.25, 0.3) is 0 Å². The van der Waals surface area contributed by atoms with E-state index in [2.05, 4.69) is 15.5 Å². The third kappa shape index (κ3) is 6.24. The normalized spacial score (nSPS) is 13.2. The minimum absolute atomic E-state index is 0.223. The van der Waals surface area contributed by atoms with Crippen LogP contribution >= 0.6 is 22.9 Å². The van der Waals surface area contributed by atoms with Crippen molar-refractivity contribution in [3.05, 3.63) is 69.2 Å². The van der Waals surface area contributed by atoms with E-state index in [1.807, 2.05) is 32.9 Å². The summed E-state index contributed by atoms with van der Waals surface area (Å²) in [5.41, 5.74) is 2.03. The van der Waals surface area contributed by atoms with Crippen molar-refractivity contribution >= 4 is 40.1 Å². The SMILES string of the molecule is CC(C)(C)OC(=O)N1CCc2cc(C(=O)Nc3nnc(COc4cccc(Cl)c4)s3)ccc2C1. The molecule has 1 aromatic heterocycles. The van der Waals surface area contributed by atoms with Gasteiger partial charge in [-0.3, -0.25) is 10.1 Å². The average molecular weight is 501 g/mol. The number of benzene rings is 2. The van der Waals surface area contributed by atoms with Crippen LogP contribution in [0.1, 0.15) is 47.3 Å². The van der Waals surface area contributed by atoms with E-state index in [0.29, 0.717) is 46.0 Å². The van der Waals surface area contributed by atoms with E-state index in [4.69, 9.17) is 21.1 Å². The van der Waals surface area contributed by atoms with E-state index >= 15 is 0 Å². The van der Waals surface area contributed by atoms with Gasteiger partial charge in [-0.05, 0) is 68.7 Å². The van der Waals surface area contributed by atoms with Gasteiger partial charge in [-0.15, -0.1) is 10.2 Å². The third-order valence-corrected chi connectivity index (χ3v) is 6.03. The Morgan fingerprint density at radius 1 is 1.15 bits per heavy atom. The zero-order chi connectivity index (χ0) is 24.3. The zero-order valence-corrected chi connectivity index (χ0v) is 20.7. The summed E-state index contributed by atoms with van der Waals surface area (Å²) in [7, 11) is 0. The molecule has 2 amide bonds. The van der Waals surface area contributed by atoms with Crippen molar-refractivity contribution in [2.75, 3.05) is 11.9 Å². The molecular weight excluding hydrogens is 476 g/mol. The van der Waals surface area contributed by atoms with Gasteiger partial charge in [0.15, 0.2) is 5.01 Å². The Hall–Kier alpha value is -3.17. The van der Waals surface area contributed by atoms with E-state index in [9.17, 15) is 9.59 Å². The monoisotopic (exact) mass is 500 g/mol. The lowest BCUT2D eigenvalue weighted by molar-refractivity contribution is 0.0224. The summed E-state index contributed by atoms with van der Waals surface area (Å²) in [6.07, 6.45) is 0.325. The number of anilines is 1. The highest BCUT2D eigenvalue weighted by molar-refractivity contribution is 7.15. The van der Waals surface area contributed by atoms with Crippen molar-refractivity contribution in [1.82, 2.24) is 15.1 Å². The van der Waals surface area contributed by atoms with Gasteiger partial charge in [-0.1, -0.05) is 35.1 Å². The second kappa shape index (κ2) is 9.99.